The highest BCUT2D eigenvalue weighted by atomic mass is 15.0. The first-order chi connectivity index (χ1) is 8.15. The van der Waals surface area contributed by atoms with Gasteiger partial charge in [0.15, 0.2) is 0 Å². The molecule has 1 aliphatic rings. The highest BCUT2D eigenvalue weighted by molar-refractivity contribution is 4.92. The van der Waals surface area contributed by atoms with Gasteiger partial charge in [0.05, 0.1) is 0 Å². The monoisotopic (exact) mass is 235 g/mol. The van der Waals surface area contributed by atoms with E-state index in [1.807, 2.05) is 12.4 Å². The summed E-state index contributed by atoms with van der Waals surface area (Å²) in [6, 6.07) is 0.717. The predicted molar refractivity (Wildman–Crippen MR) is 70.9 cm³/mol. The average Bonchev–Trinajstić information content (AvgIpc) is 2.63. The number of imidazole rings is 1. The van der Waals surface area contributed by atoms with Gasteiger partial charge < -0.3 is 9.88 Å². The van der Waals surface area contributed by atoms with E-state index in [-0.39, 0.29) is 0 Å². The van der Waals surface area contributed by atoms with Gasteiger partial charge in [-0.3, -0.25) is 0 Å². The van der Waals surface area contributed by atoms with E-state index in [9.17, 15) is 0 Å². The minimum Gasteiger partial charge on any atom is -0.338 e. The fourth-order valence-corrected chi connectivity index (χ4v) is 3.14. The van der Waals surface area contributed by atoms with Crippen molar-refractivity contribution in [1.29, 1.82) is 0 Å². The zero-order valence-electron chi connectivity index (χ0n) is 11.3. The molecule has 2 unspecified atom stereocenters. The summed E-state index contributed by atoms with van der Waals surface area (Å²) in [6.07, 6.45) is 9.00. The Kier molecular flexibility index (Phi) is 4.21. The Bertz CT molecular complexity index is 335. The second kappa shape index (κ2) is 5.67. The molecule has 17 heavy (non-hydrogen) atoms. The van der Waals surface area contributed by atoms with Crippen molar-refractivity contribution >= 4 is 0 Å². The number of nitrogens with one attached hydrogen (secondary N) is 1. The minimum absolute atomic E-state index is 0.717. The fraction of sp³-hybridized carbons (Fsp3) is 0.786. The minimum atomic E-state index is 0.717. The summed E-state index contributed by atoms with van der Waals surface area (Å²) in [5, 5.41) is 3.69. The highest BCUT2D eigenvalue weighted by Gasteiger charge is 2.23. The lowest BCUT2D eigenvalue weighted by Gasteiger charge is -2.32. The average molecular weight is 235 g/mol. The van der Waals surface area contributed by atoms with E-state index in [4.69, 9.17) is 0 Å². The van der Waals surface area contributed by atoms with Crippen LogP contribution in [-0.2, 0) is 13.5 Å². The van der Waals surface area contributed by atoms with Crippen LogP contribution in [0, 0.1) is 11.8 Å². The summed E-state index contributed by atoms with van der Waals surface area (Å²) >= 11 is 0. The molecule has 2 rings (SSSR count). The smallest absolute Gasteiger partial charge is 0.109 e. The van der Waals surface area contributed by atoms with Gasteiger partial charge in [0, 0.05) is 38.4 Å². The van der Waals surface area contributed by atoms with Crippen LogP contribution < -0.4 is 5.32 Å². The van der Waals surface area contributed by atoms with Gasteiger partial charge >= 0.3 is 0 Å². The molecule has 1 aromatic rings. The van der Waals surface area contributed by atoms with Crippen molar-refractivity contribution in [2.24, 2.45) is 18.9 Å². The van der Waals surface area contributed by atoms with Crippen LogP contribution in [0.2, 0.25) is 0 Å². The van der Waals surface area contributed by atoms with E-state index < -0.39 is 0 Å². The number of aromatic nitrogens is 2. The molecule has 0 amide bonds. The first kappa shape index (κ1) is 12.6. The van der Waals surface area contributed by atoms with E-state index >= 15 is 0 Å². The van der Waals surface area contributed by atoms with Crippen molar-refractivity contribution in [1.82, 2.24) is 14.9 Å². The van der Waals surface area contributed by atoms with Gasteiger partial charge in [-0.05, 0) is 31.1 Å². The van der Waals surface area contributed by atoms with Gasteiger partial charge in [-0.15, -0.1) is 0 Å². The molecule has 1 N–H and O–H groups in total. The molecule has 1 aromatic heterocycles. The third-order valence-electron chi connectivity index (χ3n) is 3.88. The second-order valence-electron chi connectivity index (χ2n) is 5.77. The SMILES string of the molecule is CC1CC(C)CC(NCCc2nccn2C)C1. The second-order valence-corrected chi connectivity index (χ2v) is 5.77. The number of hydrogen-bond acceptors (Lipinski definition) is 2. The Labute approximate surface area is 105 Å². The largest absolute Gasteiger partial charge is 0.338 e. The standard InChI is InChI=1S/C14H25N3/c1-11-8-12(2)10-13(9-11)15-5-4-14-16-6-7-17(14)3/h6-7,11-13,15H,4-5,8-10H2,1-3H3. The van der Waals surface area contributed by atoms with Gasteiger partial charge in [0.2, 0.25) is 0 Å². The molecule has 0 aliphatic heterocycles. The Hall–Kier alpha value is -0.830. The molecule has 3 heteroatoms. The Morgan fingerprint density at radius 2 is 2.00 bits per heavy atom. The van der Waals surface area contributed by atoms with E-state index in [1.165, 1.54) is 25.1 Å². The lowest BCUT2D eigenvalue weighted by molar-refractivity contribution is 0.240. The Morgan fingerprint density at radius 3 is 2.59 bits per heavy atom. The fourth-order valence-electron chi connectivity index (χ4n) is 3.14. The molecular formula is C14H25N3. The maximum Gasteiger partial charge on any atom is 0.109 e. The van der Waals surface area contributed by atoms with Crippen molar-refractivity contribution in [3.63, 3.8) is 0 Å². The van der Waals surface area contributed by atoms with E-state index in [0.717, 1.165) is 24.8 Å². The molecule has 1 heterocycles. The van der Waals surface area contributed by atoms with Gasteiger partial charge in [-0.25, -0.2) is 4.98 Å². The van der Waals surface area contributed by atoms with Crippen molar-refractivity contribution in [3.05, 3.63) is 18.2 Å². The maximum atomic E-state index is 4.35. The van der Waals surface area contributed by atoms with Gasteiger partial charge in [-0.2, -0.15) is 0 Å². The van der Waals surface area contributed by atoms with Crippen molar-refractivity contribution in [3.8, 4) is 0 Å². The van der Waals surface area contributed by atoms with E-state index in [1.54, 1.807) is 0 Å². The molecule has 0 spiro atoms. The summed E-state index contributed by atoms with van der Waals surface area (Å²) in [5.74, 6) is 2.93. The summed E-state index contributed by atoms with van der Waals surface area (Å²) in [6.45, 7) is 5.81. The topological polar surface area (TPSA) is 29.9 Å². The number of aryl methyl sites for hydroxylation is 1. The van der Waals surface area contributed by atoms with Gasteiger partial charge in [-0.1, -0.05) is 13.8 Å². The molecular weight excluding hydrogens is 210 g/mol. The van der Waals surface area contributed by atoms with E-state index in [0.29, 0.717) is 6.04 Å². The third-order valence-corrected chi connectivity index (χ3v) is 3.88. The number of rotatable bonds is 4. The molecule has 0 saturated heterocycles. The van der Waals surface area contributed by atoms with Crippen LogP contribution in [0.4, 0.5) is 0 Å². The highest BCUT2D eigenvalue weighted by Crippen LogP contribution is 2.28. The molecule has 0 bridgehead atoms. The predicted octanol–water partition coefficient (Wildman–Crippen LogP) is 2.38. The third kappa shape index (κ3) is 3.56. The van der Waals surface area contributed by atoms with Crippen LogP contribution in [0.5, 0.6) is 0 Å². The zero-order chi connectivity index (χ0) is 12.3. The van der Waals surface area contributed by atoms with Crippen molar-refractivity contribution in [2.45, 2.75) is 45.6 Å². The van der Waals surface area contributed by atoms with Crippen LogP contribution in [0.3, 0.4) is 0 Å². The van der Waals surface area contributed by atoms with Gasteiger partial charge in [0.25, 0.3) is 0 Å². The normalized spacial score (nSPS) is 29.5. The first-order valence-electron chi connectivity index (χ1n) is 6.84. The van der Waals surface area contributed by atoms with Crippen molar-refractivity contribution < 1.29 is 0 Å². The number of nitrogens with zero attached hydrogens (tertiary/aromatic N) is 2. The zero-order valence-corrected chi connectivity index (χ0v) is 11.3. The van der Waals surface area contributed by atoms with Crippen LogP contribution in [-0.4, -0.2) is 22.1 Å². The molecule has 1 saturated carbocycles. The summed E-state index contributed by atoms with van der Waals surface area (Å²) in [4.78, 5) is 4.35. The van der Waals surface area contributed by atoms with E-state index in [2.05, 4.69) is 35.8 Å². The molecule has 0 radical (unpaired) electrons. The van der Waals surface area contributed by atoms with Crippen LogP contribution in [0.25, 0.3) is 0 Å². The summed E-state index contributed by atoms with van der Waals surface area (Å²) in [7, 11) is 2.06. The first-order valence-corrected chi connectivity index (χ1v) is 6.84. The van der Waals surface area contributed by atoms with Crippen LogP contribution in [0.15, 0.2) is 12.4 Å². The summed E-state index contributed by atoms with van der Waals surface area (Å²) in [5.41, 5.74) is 0. The Balaban J connectivity index is 1.73. The van der Waals surface area contributed by atoms with Crippen LogP contribution >= 0.6 is 0 Å². The van der Waals surface area contributed by atoms with Crippen LogP contribution in [0.1, 0.15) is 38.9 Å². The maximum absolute atomic E-state index is 4.35. The van der Waals surface area contributed by atoms with Crippen molar-refractivity contribution in [2.75, 3.05) is 6.54 Å². The molecule has 96 valence electrons. The molecule has 2 atom stereocenters. The molecule has 1 fully saturated rings. The summed E-state index contributed by atoms with van der Waals surface area (Å²) < 4.78 is 2.10. The molecule has 1 aliphatic carbocycles. The Morgan fingerprint density at radius 1 is 1.29 bits per heavy atom. The van der Waals surface area contributed by atoms with Gasteiger partial charge in [0.1, 0.15) is 5.82 Å². The lowest BCUT2D eigenvalue weighted by Crippen LogP contribution is -2.37. The molecule has 3 nitrogen and oxygen atoms in total. The number of hydrogen-bond donors (Lipinski definition) is 1. The molecule has 0 aromatic carbocycles. The lowest BCUT2D eigenvalue weighted by atomic mass is 9.80. The quantitative estimate of drug-likeness (QED) is 0.868.